The summed E-state index contributed by atoms with van der Waals surface area (Å²) >= 11 is 0. The zero-order valence-electron chi connectivity index (χ0n) is 12.1. The van der Waals surface area contributed by atoms with Gasteiger partial charge in [0.2, 0.25) is 5.88 Å². The molecule has 112 valence electrons. The van der Waals surface area contributed by atoms with Crippen LogP contribution < -0.4 is 5.69 Å². The largest absolute Gasteiger partial charge is 0.493 e. The Kier molecular flexibility index (Phi) is 2.81. The van der Waals surface area contributed by atoms with Crippen molar-refractivity contribution in [2.75, 3.05) is 6.54 Å². The summed E-state index contributed by atoms with van der Waals surface area (Å²) in [6.45, 7) is 0.962. The maximum Gasteiger partial charge on any atom is 0.336 e. The standard InChI is InChI=1S/C17H12N4O2/c18-9-11-5-6-14(13-4-2-1-3-12(11)13)21-16(22)15-10-19-7-8-20(15)17(21)23/h1-6,10,22H,7-8H2. The third-order valence-corrected chi connectivity index (χ3v) is 4.08. The Labute approximate surface area is 131 Å². The van der Waals surface area contributed by atoms with Gasteiger partial charge in [0.1, 0.15) is 5.69 Å². The van der Waals surface area contributed by atoms with Crippen molar-refractivity contribution in [3.63, 3.8) is 0 Å². The lowest BCUT2D eigenvalue weighted by Gasteiger charge is -2.09. The van der Waals surface area contributed by atoms with Gasteiger partial charge in [-0.15, -0.1) is 0 Å². The highest BCUT2D eigenvalue weighted by Gasteiger charge is 2.22. The first-order valence-electron chi connectivity index (χ1n) is 7.19. The molecule has 0 radical (unpaired) electrons. The van der Waals surface area contributed by atoms with Gasteiger partial charge in [-0.1, -0.05) is 24.3 Å². The van der Waals surface area contributed by atoms with E-state index >= 15 is 0 Å². The number of fused-ring (bicyclic) bond motifs is 2. The summed E-state index contributed by atoms with van der Waals surface area (Å²) in [4.78, 5) is 16.8. The second-order valence-corrected chi connectivity index (χ2v) is 5.30. The number of aromatic nitrogens is 2. The van der Waals surface area contributed by atoms with E-state index in [2.05, 4.69) is 11.1 Å². The molecule has 1 aliphatic heterocycles. The third-order valence-electron chi connectivity index (χ3n) is 4.08. The lowest BCUT2D eigenvalue weighted by molar-refractivity contribution is 0.440. The number of nitrogens with zero attached hydrogens (tertiary/aromatic N) is 4. The fraction of sp³-hybridized carbons (Fsp3) is 0.118. The molecule has 0 amide bonds. The minimum absolute atomic E-state index is 0.131. The van der Waals surface area contributed by atoms with E-state index in [0.29, 0.717) is 30.0 Å². The molecule has 6 heteroatoms. The van der Waals surface area contributed by atoms with Gasteiger partial charge in [-0.25, -0.2) is 9.36 Å². The molecule has 0 saturated carbocycles. The average molecular weight is 304 g/mol. The Morgan fingerprint density at radius 1 is 1.17 bits per heavy atom. The van der Waals surface area contributed by atoms with Crippen molar-refractivity contribution in [2.45, 2.75) is 6.54 Å². The van der Waals surface area contributed by atoms with Crippen molar-refractivity contribution in [2.24, 2.45) is 4.99 Å². The van der Waals surface area contributed by atoms with Crippen molar-refractivity contribution in [1.82, 2.24) is 9.13 Å². The minimum atomic E-state index is -0.307. The van der Waals surface area contributed by atoms with Crippen LogP contribution in [0.1, 0.15) is 11.3 Å². The minimum Gasteiger partial charge on any atom is -0.493 e. The van der Waals surface area contributed by atoms with Crippen LogP contribution in [0.3, 0.4) is 0 Å². The molecule has 3 aromatic rings. The van der Waals surface area contributed by atoms with Crippen molar-refractivity contribution >= 4 is 17.0 Å². The fourth-order valence-corrected chi connectivity index (χ4v) is 2.99. The zero-order chi connectivity index (χ0) is 16.0. The molecule has 0 aliphatic carbocycles. The number of rotatable bonds is 1. The van der Waals surface area contributed by atoms with Crippen molar-refractivity contribution < 1.29 is 5.11 Å². The fourth-order valence-electron chi connectivity index (χ4n) is 2.99. The Bertz CT molecular complexity index is 1070. The van der Waals surface area contributed by atoms with Gasteiger partial charge >= 0.3 is 5.69 Å². The molecular weight excluding hydrogens is 292 g/mol. The van der Waals surface area contributed by atoms with E-state index < -0.39 is 0 Å². The molecule has 0 fully saturated rings. The second-order valence-electron chi connectivity index (χ2n) is 5.30. The first kappa shape index (κ1) is 13.3. The average Bonchev–Trinajstić information content (AvgIpc) is 2.85. The molecule has 1 aliphatic rings. The smallest absolute Gasteiger partial charge is 0.336 e. The SMILES string of the molecule is N#Cc1ccc(-n2c(O)c3n(c2=O)CCN=C3)c2ccccc12. The Morgan fingerprint density at radius 2 is 1.96 bits per heavy atom. The highest BCUT2D eigenvalue weighted by atomic mass is 16.3. The molecule has 23 heavy (non-hydrogen) atoms. The van der Waals surface area contributed by atoms with Crippen LogP contribution >= 0.6 is 0 Å². The van der Waals surface area contributed by atoms with E-state index in [4.69, 9.17) is 0 Å². The topological polar surface area (TPSA) is 83.3 Å². The number of benzene rings is 2. The van der Waals surface area contributed by atoms with E-state index in [1.807, 2.05) is 24.3 Å². The van der Waals surface area contributed by atoms with Gasteiger partial charge in [-0.3, -0.25) is 9.56 Å². The van der Waals surface area contributed by atoms with Gasteiger partial charge in [0.05, 0.1) is 30.1 Å². The monoisotopic (exact) mass is 304 g/mol. The molecule has 1 N–H and O–H groups in total. The molecule has 2 aromatic carbocycles. The van der Waals surface area contributed by atoms with Crippen LogP contribution in [-0.2, 0) is 6.54 Å². The number of hydrogen-bond donors (Lipinski definition) is 1. The first-order valence-corrected chi connectivity index (χ1v) is 7.19. The number of hydrogen-bond acceptors (Lipinski definition) is 4. The van der Waals surface area contributed by atoms with Gasteiger partial charge in [-0.2, -0.15) is 5.26 Å². The number of aliphatic imine (C=N–C) groups is 1. The number of imidazole rings is 1. The second kappa shape index (κ2) is 4.85. The predicted octanol–water partition coefficient (Wildman–Crippen LogP) is 1.80. The Hall–Kier alpha value is -3.33. The summed E-state index contributed by atoms with van der Waals surface area (Å²) in [6.07, 6.45) is 1.52. The van der Waals surface area contributed by atoms with E-state index in [-0.39, 0.29) is 11.6 Å². The van der Waals surface area contributed by atoms with Crippen LogP contribution in [-0.4, -0.2) is 27.0 Å². The Morgan fingerprint density at radius 3 is 2.70 bits per heavy atom. The predicted molar refractivity (Wildman–Crippen MR) is 86.4 cm³/mol. The van der Waals surface area contributed by atoms with Crippen LogP contribution in [0.25, 0.3) is 16.5 Å². The summed E-state index contributed by atoms with van der Waals surface area (Å²) in [5.41, 5.74) is 1.19. The van der Waals surface area contributed by atoms with E-state index in [0.717, 1.165) is 10.8 Å². The molecule has 6 nitrogen and oxygen atoms in total. The van der Waals surface area contributed by atoms with Crippen LogP contribution in [0.5, 0.6) is 5.88 Å². The van der Waals surface area contributed by atoms with Gasteiger partial charge in [0.25, 0.3) is 0 Å². The van der Waals surface area contributed by atoms with Gasteiger partial charge < -0.3 is 5.11 Å². The van der Waals surface area contributed by atoms with E-state index in [1.54, 1.807) is 12.1 Å². The summed E-state index contributed by atoms with van der Waals surface area (Å²) < 4.78 is 2.78. The highest BCUT2D eigenvalue weighted by Crippen LogP contribution is 2.28. The summed E-state index contributed by atoms with van der Waals surface area (Å²) in [7, 11) is 0. The van der Waals surface area contributed by atoms with Gasteiger partial charge in [0.15, 0.2) is 0 Å². The maximum atomic E-state index is 12.7. The quantitative estimate of drug-likeness (QED) is 0.744. The number of aromatic hydroxyl groups is 1. The molecule has 2 heterocycles. The van der Waals surface area contributed by atoms with Crippen molar-refractivity contribution in [1.29, 1.82) is 5.26 Å². The van der Waals surface area contributed by atoms with Gasteiger partial charge in [0, 0.05) is 17.3 Å². The number of nitriles is 1. The first-order chi connectivity index (χ1) is 11.2. The molecule has 4 rings (SSSR count). The molecular formula is C17H12N4O2. The van der Waals surface area contributed by atoms with Crippen LogP contribution in [0.4, 0.5) is 0 Å². The van der Waals surface area contributed by atoms with Crippen LogP contribution in [0.15, 0.2) is 46.2 Å². The maximum absolute atomic E-state index is 12.7. The molecule has 0 bridgehead atoms. The van der Waals surface area contributed by atoms with Gasteiger partial charge in [-0.05, 0) is 12.1 Å². The molecule has 0 unspecified atom stereocenters. The Balaban J connectivity index is 2.10. The van der Waals surface area contributed by atoms with Crippen molar-refractivity contribution in [3.8, 4) is 17.6 Å². The zero-order valence-corrected chi connectivity index (χ0v) is 12.1. The van der Waals surface area contributed by atoms with Crippen molar-refractivity contribution in [3.05, 3.63) is 58.1 Å². The lowest BCUT2D eigenvalue weighted by Crippen LogP contribution is -2.26. The molecule has 0 atom stereocenters. The molecule has 0 saturated heterocycles. The summed E-state index contributed by atoms with van der Waals surface area (Å²) in [5.74, 6) is -0.131. The lowest BCUT2D eigenvalue weighted by atomic mass is 10.0. The summed E-state index contributed by atoms with van der Waals surface area (Å²) in [5, 5.41) is 21.2. The molecule has 1 aromatic heterocycles. The third kappa shape index (κ3) is 1.80. The molecule has 0 spiro atoms. The highest BCUT2D eigenvalue weighted by molar-refractivity contribution is 5.95. The van der Waals surface area contributed by atoms with E-state index in [9.17, 15) is 15.2 Å². The van der Waals surface area contributed by atoms with Crippen LogP contribution in [0, 0.1) is 11.3 Å². The normalized spacial score (nSPS) is 13.0. The summed E-state index contributed by atoms with van der Waals surface area (Å²) in [6, 6.07) is 12.8. The van der Waals surface area contributed by atoms with Crippen LogP contribution in [0.2, 0.25) is 0 Å². The van der Waals surface area contributed by atoms with E-state index in [1.165, 1.54) is 15.3 Å².